The quantitative estimate of drug-likeness (QED) is 0.721. The van der Waals surface area contributed by atoms with E-state index in [-0.39, 0.29) is 5.91 Å². The van der Waals surface area contributed by atoms with Crippen molar-refractivity contribution >= 4 is 5.91 Å². The van der Waals surface area contributed by atoms with E-state index in [2.05, 4.69) is 26.1 Å². The first kappa shape index (κ1) is 13.5. The topological polar surface area (TPSA) is 55.1 Å². The minimum Gasteiger partial charge on any atom is -0.368 e. The maximum atomic E-state index is 11.7. The van der Waals surface area contributed by atoms with Crippen LogP contribution in [0.5, 0.6) is 0 Å². The second-order valence-corrected chi connectivity index (χ2v) is 5.76. The van der Waals surface area contributed by atoms with Gasteiger partial charge in [0.05, 0.1) is 5.54 Å². The van der Waals surface area contributed by atoms with E-state index >= 15 is 0 Å². The SMILES string of the molecule is CC(C)CNC1(C(N)=O)CCCC(C)CC1. The number of hydrogen-bond donors (Lipinski definition) is 2. The molecular weight excluding hydrogens is 200 g/mol. The number of rotatable bonds is 4. The lowest BCUT2D eigenvalue weighted by atomic mass is 9.88. The smallest absolute Gasteiger partial charge is 0.237 e. The van der Waals surface area contributed by atoms with E-state index < -0.39 is 5.54 Å². The number of amides is 1. The summed E-state index contributed by atoms with van der Waals surface area (Å²) < 4.78 is 0. The van der Waals surface area contributed by atoms with E-state index in [0.29, 0.717) is 5.92 Å². The van der Waals surface area contributed by atoms with Gasteiger partial charge in [-0.15, -0.1) is 0 Å². The molecule has 1 aliphatic rings. The van der Waals surface area contributed by atoms with Crippen LogP contribution in [0.2, 0.25) is 0 Å². The van der Waals surface area contributed by atoms with Crippen molar-refractivity contribution in [1.29, 1.82) is 0 Å². The van der Waals surface area contributed by atoms with Crippen molar-refractivity contribution in [2.75, 3.05) is 6.54 Å². The standard InChI is InChI=1S/C13H26N2O/c1-10(2)9-15-13(12(14)16)7-4-5-11(3)6-8-13/h10-11,15H,4-9H2,1-3H3,(H2,14,16). The fraction of sp³-hybridized carbons (Fsp3) is 0.923. The Morgan fingerprint density at radius 1 is 1.44 bits per heavy atom. The van der Waals surface area contributed by atoms with Crippen LogP contribution in [0.15, 0.2) is 0 Å². The van der Waals surface area contributed by atoms with Crippen LogP contribution in [-0.2, 0) is 4.79 Å². The van der Waals surface area contributed by atoms with Crippen molar-refractivity contribution in [2.24, 2.45) is 17.6 Å². The lowest BCUT2D eigenvalue weighted by Gasteiger charge is -2.31. The van der Waals surface area contributed by atoms with Crippen LogP contribution >= 0.6 is 0 Å². The molecule has 1 amide bonds. The van der Waals surface area contributed by atoms with Gasteiger partial charge in [-0.3, -0.25) is 4.79 Å². The fourth-order valence-electron chi connectivity index (χ4n) is 2.42. The lowest BCUT2D eigenvalue weighted by molar-refractivity contribution is -0.125. The monoisotopic (exact) mass is 226 g/mol. The molecule has 0 bridgehead atoms. The van der Waals surface area contributed by atoms with Crippen molar-refractivity contribution in [2.45, 2.75) is 58.4 Å². The van der Waals surface area contributed by atoms with E-state index in [9.17, 15) is 4.79 Å². The summed E-state index contributed by atoms with van der Waals surface area (Å²) >= 11 is 0. The minimum atomic E-state index is -0.435. The number of nitrogens with one attached hydrogen (secondary N) is 1. The molecule has 94 valence electrons. The van der Waals surface area contributed by atoms with Gasteiger partial charge < -0.3 is 11.1 Å². The number of nitrogens with two attached hydrogens (primary N) is 1. The van der Waals surface area contributed by atoms with Crippen LogP contribution in [0.25, 0.3) is 0 Å². The second-order valence-electron chi connectivity index (χ2n) is 5.76. The van der Waals surface area contributed by atoms with Gasteiger partial charge in [0.25, 0.3) is 0 Å². The van der Waals surface area contributed by atoms with Crippen LogP contribution in [0.3, 0.4) is 0 Å². The third-order valence-electron chi connectivity index (χ3n) is 3.68. The summed E-state index contributed by atoms with van der Waals surface area (Å²) in [4.78, 5) is 11.7. The normalized spacial score (nSPS) is 31.4. The Bertz CT molecular complexity index is 240. The number of hydrogen-bond acceptors (Lipinski definition) is 2. The molecule has 0 aliphatic heterocycles. The molecular formula is C13H26N2O. The number of primary amides is 1. The molecule has 1 fully saturated rings. The predicted octanol–water partition coefficient (Wildman–Crippen LogP) is 2.06. The first-order valence-corrected chi connectivity index (χ1v) is 6.51. The molecule has 0 aromatic heterocycles. The second kappa shape index (κ2) is 5.67. The number of carbonyl (C=O) groups excluding carboxylic acids is 1. The van der Waals surface area contributed by atoms with Gasteiger partial charge in [0.15, 0.2) is 0 Å². The lowest BCUT2D eigenvalue weighted by Crippen LogP contribution is -2.56. The molecule has 3 heteroatoms. The highest BCUT2D eigenvalue weighted by atomic mass is 16.1. The van der Waals surface area contributed by atoms with E-state index in [1.165, 1.54) is 6.42 Å². The summed E-state index contributed by atoms with van der Waals surface area (Å²) in [7, 11) is 0. The Morgan fingerprint density at radius 2 is 2.12 bits per heavy atom. The zero-order valence-electron chi connectivity index (χ0n) is 10.9. The summed E-state index contributed by atoms with van der Waals surface area (Å²) in [5, 5.41) is 3.42. The molecule has 0 aromatic rings. The molecule has 3 N–H and O–H groups in total. The highest BCUT2D eigenvalue weighted by Gasteiger charge is 2.37. The summed E-state index contributed by atoms with van der Waals surface area (Å²) in [6, 6.07) is 0. The molecule has 1 rings (SSSR count). The van der Waals surface area contributed by atoms with Gasteiger partial charge in [0.2, 0.25) is 5.91 Å². The Hall–Kier alpha value is -0.570. The van der Waals surface area contributed by atoms with Crippen molar-refractivity contribution in [3.63, 3.8) is 0 Å². The van der Waals surface area contributed by atoms with E-state index in [1.807, 2.05) is 0 Å². The largest absolute Gasteiger partial charge is 0.368 e. The Labute approximate surface area is 99.2 Å². The molecule has 0 spiro atoms. The first-order valence-electron chi connectivity index (χ1n) is 6.51. The summed E-state index contributed by atoms with van der Waals surface area (Å²) in [6.45, 7) is 7.44. The van der Waals surface area contributed by atoms with Gasteiger partial charge >= 0.3 is 0 Å². The summed E-state index contributed by atoms with van der Waals surface area (Å²) in [5.41, 5.74) is 5.17. The highest BCUT2D eigenvalue weighted by Crippen LogP contribution is 2.30. The molecule has 0 saturated heterocycles. The van der Waals surface area contributed by atoms with Crippen LogP contribution in [0.1, 0.15) is 52.9 Å². The molecule has 0 aromatic carbocycles. The average Bonchev–Trinajstić information content (AvgIpc) is 2.38. The number of carbonyl (C=O) groups is 1. The summed E-state index contributed by atoms with van der Waals surface area (Å²) in [6.07, 6.45) is 5.23. The van der Waals surface area contributed by atoms with Crippen LogP contribution < -0.4 is 11.1 Å². The molecule has 16 heavy (non-hydrogen) atoms. The van der Waals surface area contributed by atoms with E-state index in [0.717, 1.165) is 38.1 Å². The highest BCUT2D eigenvalue weighted by molar-refractivity contribution is 5.84. The van der Waals surface area contributed by atoms with Gasteiger partial charge in [-0.1, -0.05) is 33.6 Å². The van der Waals surface area contributed by atoms with Gasteiger partial charge in [-0.2, -0.15) is 0 Å². The van der Waals surface area contributed by atoms with Gasteiger partial charge in [-0.25, -0.2) is 0 Å². The molecule has 1 saturated carbocycles. The van der Waals surface area contributed by atoms with Crippen molar-refractivity contribution in [3.05, 3.63) is 0 Å². The van der Waals surface area contributed by atoms with Gasteiger partial charge in [0, 0.05) is 0 Å². The van der Waals surface area contributed by atoms with Crippen molar-refractivity contribution in [1.82, 2.24) is 5.32 Å². The summed E-state index contributed by atoms with van der Waals surface area (Å²) in [5.74, 6) is 1.11. The molecule has 2 atom stereocenters. The first-order chi connectivity index (χ1) is 7.46. The fourth-order valence-corrected chi connectivity index (χ4v) is 2.42. The molecule has 1 aliphatic carbocycles. The Morgan fingerprint density at radius 3 is 2.69 bits per heavy atom. The van der Waals surface area contributed by atoms with Crippen molar-refractivity contribution in [3.8, 4) is 0 Å². The van der Waals surface area contributed by atoms with E-state index in [4.69, 9.17) is 5.73 Å². The maximum Gasteiger partial charge on any atom is 0.237 e. The Balaban J connectivity index is 2.67. The van der Waals surface area contributed by atoms with Crippen LogP contribution in [-0.4, -0.2) is 18.0 Å². The van der Waals surface area contributed by atoms with E-state index in [1.54, 1.807) is 0 Å². The average molecular weight is 226 g/mol. The molecule has 3 nitrogen and oxygen atoms in total. The molecule has 0 radical (unpaired) electrons. The third-order valence-corrected chi connectivity index (χ3v) is 3.68. The molecule has 2 unspecified atom stereocenters. The van der Waals surface area contributed by atoms with Crippen LogP contribution in [0.4, 0.5) is 0 Å². The maximum absolute atomic E-state index is 11.7. The zero-order valence-corrected chi connectivity index (χ0v) is 10.9. The Kier molecular flexibility index (Phi) is 4.78. The minimum absolute atomic E-state index is 0.165. The predicted molar refractivity (Wildman–Crippen MR) is 67.0 cm³/mol. The third kappa shape index (κ3) is 3.48. The van der Waals surface area contributed by atoms with Crippen molar-refractivity contribution < 1.29 is 4.79 Å². The zero-order chi connectivity index (χ0) is 12.2. The molecule has 0 heterocycles. The van der Waals surface area contributed by atoms with Gasteiger partial charge in [-0.05, 0) is 37.6 Å². The van der Waals surface area contributed by atoms with Crippen LogP contribution in [0, 0.1) is 11.8 Å². The van der Waals surface area contributed by atoms with Gasteiger partial charge in [0.1, 0.15) is 0 Å².